The molecule has 0 amide bonds. The predicted octanol–water partition coefficient (Wildman–Crippen LogP) is 5.57. The SMILES string of the molecule is COCOC[C@]12CC[C@H](OCc3ccccc3)C[C@@H]1C[C@H]1O[C@]3(OC)[C@@H]4CC[C@@H](C4)[C@@H]3[C@@]1(C)C2. The molecule has 1 aromatic rings. The molecule has 1 aromatic carbocycles. The molecule has 0 aromatic heterocycles. The van der Waals surface area contributed by atoms with Gasteiger partial charge in [-0.2, -0.15) is 0 Å². The van der Waals surface area contributed by atoms with Crippen LogP contribution in [0.25, 0.3) is 0 Å². The lowest BCUT2D eigenvalue weighted by Crippen LogP contribution is -2.55. The van der Waals surface area contributed by atoms with Gasteiger partial charge in [0, 0.05) is 31.5 Å². The van der Waals surface area contributed by atoms with E-state index in [9.17, 15) is 0 Å². The number of benzene rings is 1. The highest BCUT2D eigenvalue weighted by Gasteiger charge is 2.74. The fourth-order valence-electron chi connectivity index (χ4n) is 9.32. The van der Waals surface area contributed by atoms with Gasteiger partial charge in [0.25, 0.3) is 0 Å². The summed E-state index contributed by atoms with van der Waals surface area (Å²) in [6.07, 6.45) is 10.1. The van der Waals surface area contributed by atoms with Crippen molar-refractivity contribution in [2.45, 2.75) is 82.9 Å². The maximum atomic E-state index is 7.02. The molecule has 2 bridgehead atoms. The molecule has 5 heteroatoms. The van der Waals surface area contributed by atoms with Crippen LogP contribution in [0.4, 0.5) is 0 Å². The van der Waals surface area contributed by atoms with Crippen molar-refractivity contribution in [1.82, 2.24) is 0 Å². The van der Waals surface area contributed by atoms with Crippen LogP contribution in [-0.2, 0) is 30.3 Å². The summed E-state index contributed by atoms with van der Waals surface area (Å²) >= 11 is 0. The third-order valence-corrected chi connectivity index (χ3v) is 10.6. The van der Waals surface area contributed by atoms with Gasteiger partial charge in [0.15, 0.2) is 5.79 Å². The molecule has 9 atom stereocenters. The standard InChI is InChI=1S/C29H42O5/c1-27-17-28(18-32-19-30-2)12-11-24(33-16-20-7-5-4-6-8-20)14-23(28)15-25(27)34-29(31-3)22-10-9-21(13-22)26(27)29/h4-8,21-26H,9-19H2,1-3H3/t21-,22+,23+,24-,25+,26+,27-,28+,29+/m0/s1. The van der Waals surface area contributed by atoms with Gasteiger partial charge in [-0.05, 0) is 74.2 Å². The third-order valence-electron chi connectivity index (χ3n) is 10.6. The molecule has 188 valence electrons. The lowest BCUT2D eigenvalue weighted by molar-refractivity contribution is -0.257. The number of hydrogen-bond donors (Lipinski definition) is 0. The van der Waals surface area contributed by atoms with Gasteiger partial charge in [0.05, 0.1) is 25.4 Å². The Kier molecular flexibility index (Phi) is 6.09. The molecule has 1 heterocycles. The summed E-state index contributed by atoms with van der Waals surface area (Å²) in [5.74, 6) is 2.02. The second-order valence-electron chi connectivity index (χ2n) is 12.2. The van der Waals surface area contributed by atoms with Gasteiger partial charge in [0.1, 0.15) is 6.79 Å². The van der Waals surface area contributed by atoms with E-state index >= 15 is 0 Å². The van der Waals surface area contributed by atoms with Crippen LogP contribution in [0.3, 0.4) is 0 Å². The van der Waals surface area contributed by atoms with Gasteiger partial charge in [-0.1, -0.05) is 37.3 Å². The van der Waals surface area contributed by atoms with Crippen LogP contribution in [0.2, 0.25) is 0 Å². The molecule has 0 N–H and O–H groups in total. The summed E-state index contributed by atoms with van der Waals surface area (Å²) in [5, 5.41) is 0. The van der Waals surface area contributed by atoms with E-state index < -0.39 is 0 Å². The van der Waals surface area contributed by atoms with Crippen molar-refractivity contribution >= 4 is 0 Å². The molecule has 4 aliphatic carbocycles. The minimum atomic E-state index is -0.354. The Morgan fingerprint density at radius 2 is 1.85 bits per heavy atom. The summed E-state index contributed by atoms with van der Waals surface area (Å²) in [4.78, 5) is 0. The zero-order chi connectivity index (χ0) is 23.4. The first-order valence-corrected chi connectivity index (χ1v) is 13.5. The highest BCUT2D eigenvalue weighted by Crippen LogP contribution is 2.73. The summed E-state index contributed by atoms with van der Waals surface area (Å²) in [6.45, 7) is 4.37. The van der Waals surface area contributed by atoms with Gasteiger partial charge in [-0.25, -0.2) is 0 Å². The van der Waals surface area contributed by atoms with E-state index in [0.717, 1.165) is 38.2 Å². The zero-order valence-corrected chi connectivity index (χ0v) is 21.2. The monoisotopic (exact) mass is 470 g/mol. The first-order valence-electron chi connectivity index (χ1n) is 13.5. The van der Waals surface area contributed by atoms with Crippen molar-refractivity contribution in [3.05, 3.63) is 35.9 Å². The summed E-state index contributed by atoms with van der Waals surface area (Å²) < 4.78 is 31.2. The Balaban J connectivity index is 1.23. The number of ether oxygens (including phenoxy) is 5. The van der Waals surface area contributed by atoms with Gasteiger partial charge >= 0.3 is 0 Å². The number of fused-ring (bicyclic) bond motifs is 8. The maximum absolute atomic E-state index is 7.02. The molecular weight excluding hydrogens is 428 g/mol. The van der Waals surface area contributed by atoms with E-state index in [1.165, 1.54) is 31.2 Å². The average Bonchev–Trinajstić information content (AvgIpc) is 3.52. The molecule has 6 rings (SSSR count). The smallest absolute Gasteiger partial charge is 0.174 e. The first kappa shape index (κ1) is 23.4. The van der Waals surface area contributed by atoms with Crippen molar-refractivity contribution in [3.63, 3.8) is 0 Å². The summed E-state index contributed by atoms with van der Waals surface area (Å²) in [7, 11) is 3.61. The first-order chi connectivity index (χ1) is 16.5. The van der Waals surface area contributed by atoms with E-state index in [2.05, 4.69) is 37.3 Å². The molecular formula is C29H42O5. The quantitative estimate of drug-likeness (QED) is 0.367. The van der Waals surface area contributed by atoms with E-state index in [0.29, 0.717) is 37.3 Å². The van der Waals surface area contributed by atoms with Gasteiger partial charge in [-0.3, -0.25) is 0 Å². The zero-order valence-electron chi connectivity index (χ0n) is 21.2. The molecule has 1 saturated heterocycles. The van der Waals surface area contributed by atoms with Gasteiger partial charge < -0.3 is 23.7 Å². The lowest BCUT2D eigenvalue weighted by Gasteiger charge is -2.57. The van der Waals surface area contributed by atoms with Crippen molar-refractivity contribution in [2.75, 3.05) is 27.6 Å². The normalized spacial score (nSPS) is 46.8. The Bertz CT molecular complexity index is 861. The van der Waals surface area contributed by atoms with Crippen LogP contribution in [-0.4, -0.2) is 45.6 Å². The van der Waals surface area contributed by atoms with Crippen molar-refractivity contribution in [3.8, 4) is 0 Å². The average molecular weight is 471 g/mol. The van der Waals surface area contributed by atoms with Crippen molar-refractivity contribution in [2.24, 2.45) is 34.5 Å². The molecule has 34 heavy (non-hydrogen) atoms. The van der Waals surface area contributed by atoms with E-state index in [1.54, 1.807) is 7.11 Å². The van der Waals surface area contributed by atoms with Crippen LogP contribution in [0.1, 0.15) is 63.9 Å². The molecule has 0 unspecified atom stereocenters. The van der Waals surface area contributed by atoms with Crippen LogP contribution >= 0.6 is 0 Å². The Morgan fingerprint density at radius 3 is 2.65 bits per heavy atom. The molecule has 5 fully saturated rings. The number of rotatable bonds is 8. The fraction of sp³-hybridized carbons (Fsp3) is 0.793. The van der Waals surface area contributed by atoms with E-state index in [1.807, 2.05) is 7.11 Å². The highest BCUT2D eigenvalue weighted by atomic mass is 16.7. The molecule has 1 aliphatic heterocycles. The van der Waals surface area contributed by atoms with Crippen molar-refractivity contribution in [1.29, 1.82) is 0 Å². The van der Waals surface area contributed by atoms with Gasteiger partial charge in [0.2, 0.25) is 0 Å². The Morgan fingerprint density at radius 1 is 1.00 bits per heavy atom. The third kappa shape index (κ3) is 3.53. The highest BCUT2D eigenvalue weighted by molar-refractivity contribution is 5.19. The molecule has 5 nitrogen and oxygen atoms in total. The predicted molar refractivity (Wildman–Crippen MR) is 129 cm³/mol. The van der Waals surface area contributed by atoms with Crippen LogP contribution in [0.5, 0.6) is 0 Å². The van der Waals surface area contributed by atoms with E-state index in [4.69, 9.17) is 23.7 Å². The molecule has 5 aliphatic rings. The second-order valence-corrected chi connectivity index (χ2v) is 12.2. The fourth-order valence-corrected chi connectivity index (χ4v) is 9.32. The number of methoxy groups -OCH3 is 2. The van der Waals surface area contributed by atoms with Gasteiger partial charge in [-0.15, -0.1) is 0 Å². The lowest BCUT2D eigenvalue weighted by atomic mass is 9.49. The second kappa shape index (κ2) is 8.85. The summed E-state index contributed by atoms with van der Waals surface area (Å²) in [5.41, 5.74) is 1.58. The molecule has 4 saturated carbocycles. The summed E-state index contributed by atoms with van der Waals surface area (Å²) in [6, 6.07) is 10.6. The minimum Gasteiger partial charge on any atom is -0.374 e. The topological polar surface area (TPSA) is 46.2 Å². The largest absolute Gasteiger partial charge is 0.374 e. The Hall–Kier alpha value is -0.980. The Labute approximate surface area is 204 Å². The molecule has 0 spiro atoms. The maximum Gasteiger partial charge on any atom is 0.174 e. The van der Waals surface area contributed by atoms with Crippen LogP contribution in [0, 0.1) is 34.5 Å². The van der Waals surface area contributed by atoms with Crippen LogP contribution in [0.15, 0.2) is 30.3 Å². The van der Waals surface area contributed by atoms with Crippen LogP contribution < -0.4 is 0 Å². The van der Waals surface area contributed by atoms with Crippen molar-refractivity contribution < 1.29 is 23.7 Å². The van der Waals surface area contributed by atoms with E-state index in [-0.39, 0.29) is 22.7 Å². The minimum absolute atomic E-state index is 0.153. The number of hydrogen-bond acceptors (Lipinski definition) is 5. The molecule has 0 radical (unpaired) electrons.